The highest BCUT2D eigenvalue weighted by atomic mass is 19.4. The van der Waals surface area contributed by atoms with Crippen LogP contribution in [0, 0.1) is 5.92 Å². The molecule has 0 aromatic heterocycles. The molecule has 164 valence electrons. The number of ether oxygens (including phenoxy) is 3. The molecular formula is C20H23F3N2O5. The van der Waals surface area contributed by atoms with Gasteiger partial charge in [0.15, 0.2) is 5.78 Å². The van der Waals surface area contributed by atoms with Crippen molar-refractivity contribution in [2.45, 2.75) is 38.0 Å². The summed E-state index contributed by atoms with van der Waals surface area (Å²) in [5.41, 5.74) is 0.721. The zero-order valence-corrected chi connectivity index (χ0v) is 16.3. The monoisotopic (exact) mass is 428 g/mol. The number of ketones is 1. The van der Waals surface area contributed by atoms with Crippen molar-refractivity contribution >= 4 is 11.8 Å². The molecule has 0 radical (unpaired) electrons. The quantitative estimate of drug-likeness (QED) is 0.738. The highest BCUT2D eigenvalue weighted by molar-refractivity contribution is 5.81. The van der Waals surface area contributed by atoms with E-state index in [0.29, 0.717) is 32.6 Å². The van der Waals surface area contributed by atoms with E-state index in [1.54, 1.807) is 9.80 Å². The molecule has 0 spiro atoms. The minimum atomic E-state index is -4.71. The van der Waals surface area contributed by atoms with Crippen molar-refractivity contribution in [1.29, 1.82) is 0 Å². The standard InChI is InChI=1S/C20H23F3N2O5/c21-20(22,23)30-16-3-1-13(2-4-16)11-28-17-9-25(10-17)19(27)24-6-5-18-14(8-24)7-15(26)12-29-18/h1-4,14,17-18H,5-12H2/t14-,18-/m0/s1. The Labute approximate surface area is 171 Å². The third kappa shape index (κ3) is 5.04. The number of alkyl halides is 3. The van der Waals surface area contributed by atoms with E-state index in [9.17, 15) is 22.8 Å². The number of carbonyl (C=O) groups excluding carboxylic acids is 2. The van der Waals surface area contributed by atoms with Gasteiger partial charge in [-0.2, -0.15) is 0 Å². The summed E-state index contributed by atoms with van der Waals surface area (Å²) in [7, 11) is 0. The molecule has 0 saturated carbocycles. The number of benzene rings is 1. The molecule has 30 heavy (non-hydrogen) atoms. The fourth-order valence-electron chi connectivity index (χ4n) is 4.05. The smallest absolute Gasteiger partial charge is 0.406 e. The van der Waals surface area contributed by atoms with Crippen LogP contribution in [0.25, 0.3) is 0 Å². The van der Waals surface area contributed by atoms with Crippen molar-refractivity contribution in [3.63, 3.8) is 0 Å². The number of Topliss-reactive ketones (excluding diaryl/α,β-unsaturated/α-hetero) is 1. The van der Waals surface area contributed by atoms with E-state index in [2.05, 4.69) is 4.74 Å². The van der Waals surface area contributed by atoms with Gasteiger partial charge < -0.3 is 24.0 Å². The van der Waals surface area contributed by atoms with E-state index in [0.717, 1.165) is 12.0 Å². The summed E-state index contributed by atoms with van der Waals surface area (Å²) in [6.45, 7) is 2.50. The van der Waals surface area contributed by atoms with Crippen molar-refractivity contribution in [3.05, 3.63) is 29.8 Å². The van der Waals surface area contributed by atoms with Crippen molar-refractivity contribution in [3.8, 4) is 5.75 Å². The van der Waals surface area contributed by atoms with Gasteiger partial charge in [-0.05, 0) is 24.1 Å². The molecule has 0 N–H and O–H groups in total. The van der Waals surface area contributed by atoms with E-state index in [4.69, 9.17) is 9.47 Å². The summed E-state index contributed by atoms with van der Waals surface area (Å²) in [6, 6.07) is 5.46. The Morgan fingerprint density at radius 1 is 1.13 bits per heavy atom. The number of nitrogens with zero attached hydrogens (tertiary/aromatic N) is 2. The molecule has 1 aromatic carbocycles. The molecule has 3 aliphatic rings. The van der Waals surface area contributed by atoms with Crippen molar-refractivity contribution in [2.75, 3.05) is 32.8 Å². The molecule has 4 rings (SSSR count). The van der Waals surface area contributed by atoms with Crippen LogP contribution < -0.4 is 4.74 Å². The van der Waals surface area contributed by atoms with Gasteiger partial charge >= 0.3 is 12.4 Å². The summed E-state index contributed by atoms with van der Waals surface area (Å²) in [6.07, 6.45) is -3.56. The lowest BCUT2D eigenvalue weighted by atomic mass is 9.88. The molecule has 0 unspecified atom stereocenters. The van der Waals surface area contributed by atoms with Gasteiger partial charge in [0.2, 0.25) is 0 Å². The Kier molecular flexibility index (Phi) is 5.88. The van der Waals surface area contributed by atoms with Gasteiger partial charge in [0.05, 0.1) is 31.9 Å². The highest BCUT2D eigenvalue weighted by Crippen LogP contribution is 2.29. The second-order valence-electron chi connectivity index (χ2n) is 7.90. The number of fused-ring (bicyclic) bond motifs is 1. The number of urea groups is 1. The van der Waals surface area contributed by atoms with Crippen LogP contribution in [0.5, 0.6) is 5.75 Å². The van der Waals surface area contributed by atoms with E-state index >= 15 is 0 Å². The minimum absolute atomic E-state index is 0.0556. The van der Waals surface area contributed by atoms with Gasteiger partial charge in [0.1, 0.15) is 12.4 Å². The number of hydrogen-bond donors (Lipinski definition) is 0. The molecule has 3 fully saturated rings. The van der Waals surface area contributed by atoms with Crippen LogP contribution in [0.4, 0.5) is 18.0 Å². The van der Waals surface area contributed by atoms with Crippen molar-refractivity contribution in [2.24, 2.45) is 5.92 Å². The maximum atomic E-state index is 12.7. The fourth-order valence-corrected chi connectivity index (χ4v) is 4.05. The summed E-state index contributed by atoms with van der Waals surface area (Å²) >= 11 is 0. The normalized spacial score (nSPS) is 25.0. The van der Waals surface area contributed by atoms with E-state index in [1.165, 1.54) is 24.3 Å². The SMILES string of the molecule is O=C1CO[C@H]2CCN(C(=O)N3CC(OCc4ccc(OC(F)(F)F)cc4)C3)C[C@@H]2C1. The average Bonchev–Trinajstić information content (AvgIpc) is 2.66. The van der Waals surface area contributed by atoms with Gasteiger partial charge in [-0.1, -0.05) is 12.1 Å². The van der Waals surface area contributed by atoms with Gasteiger partial charge in [-0.3, -0.25) is 4.79 Å². The van der Waals surface area contributed by atoms with Gasteiger partial charge in [0.25, 0.3) is 0 Å². The van der Waals surface area contributed by atoms with Crippen LogP contribution in [-0.2, 0) is 20.9 Å². The maximum absolute atomic E-state index is 12.7. The van der Waals surface area contributed by atoms with Crippen LogP contribution >= 0.6 is 0 Å². The highest BCUT2D eigenvalue weighted by Gasteiger charge is 2.40. The van der Waals surface area contributed by atoms with Gasteiger partial charge in [-0.15, -0.1) is 13.2 Å². The summed E-state index contributed by atoms with van der Waals surface area (Å²) in [4.78, 5) is 27.7. The predicted molar refractivity (Wildman–Crippen MR) is 97.7 cm³/mol. The van der Waals surface area contributed by atoms with Gasteiger partial charge in [0, 0.05) is 25.4 Å². The third-order valence-electron chi connectivity index (χ3n) is 5.64. The first kappa shape index (κ1) is 20.9. The lowest BCUT2D eigenvalue weighted by Crippen LogP contribution is -2.61. The Morgan fingerprint density at radius 3 is 2.57 bits per heavy atom. The van der Waals surface area contributed by atoms with E-state index in [1.807, 2.05) is 0 Å². The number of carbonyl (C=O) groups is 2. The molecule has 3 aliphatic heterocycles. The molecule has 3 heterocycles. The fraction of sp³-hybridized carbons (Fsp3) is 0.600. The topological polar surface area (TPSA) is 68.3 Å². The lowest BCUT2D eigenvalue weighted by molar-refractivity contribution is -0.274. The predicted octanol–water partition coefficient (Wildman–Crippen LogP) is 2.59. The lowest BCUT2D eigenvalue weighted by Gasteiger charge is -2.45. The van der Waals surface area contributed by atoms with Crippen LogP contribution in [-0.4, -0.2) is 73.0 Å². The van der Waals surface area contributed by atoms with Crippen LogP contribution in [0.15, 0.2) is 24.3 Å². The van der Waals surface area contributed by atoms with E-state index in [-0.39, 0.29) is 48.9 Å². The first-order valence-electron chi connectivity index (χ1n) is 9.90. The number of likely N-dealkylation sites (tertiary alicyclic amines) is 2. The minimum Gasteiger partial charge on any atom is -0.406 e. The second-order valence-corrected chi connectivity index (χ2v) is 7.90. The molecular weight excluding hydrogens is 405 g/mol. The Bertz CT molecular complexity index is 780. The third-order valence-corrected chi connectivity index (χ3v) is 5.64. The van der Waals surface area contributed by atoms with Crippen LogP contribution in [0.3, 0.4) is 0 Å². The van der Waals surface area contributed by atoms with Crippen LogP contribution in [0.2, 0.25) is 0 Å². The Balaban J connectivity index is 1.19. The molecule has 0 aliphatic carbocycles. The van der Waals surface area contributed by atoms with E-state index < -0.39 is 6.36 Å². The number of rotatable bonds is 4. The average molecular weight is 428 g/mol. The van der Waals surface area contributed by atoms with Crippen LogP contribution in [0.1, 0.15) is 18.4 Å². The molecule has 2 atom stereocenters. The zero-order chi connectivity index (χ0) is 21.3. The molecule has 1 aromatic rings. The summed E-state index contributed by atoms with van der Waals surface area (Å²) in [5.74, 6) is -0.122. The number of hydrogen-bond acceptors (Lipinski definition) is 5. The number of amides is 2. The first-order valence-corrected chi connectivity index (χ1v) is 9.90. The first-order chi connectivity index (χ1) is 14.3. The summed E-state index contributed by atoms with van der Waals surface area (Å²) < 4.78 is 51.7. The van der Waals surface area contributed by atoms with Crippen molar-refractivity contribution < 1.29 is 37.0 Å². The van der Waals surface area contributed by atoms with Crippen molar-refractivity contribution in [1.82, 2.24) is 9.80 Å². The molecule has 2 amide bonds. The molecule has 10 heteroatoms. The molecule has 7 nitrogen and oxygen atoms in total. The maximum Gasteiger partial charge on any atom is 0.573 e. The summed E-state index contributed by atoms with van der Waals surface area (Å²) in [5, 5.41) is 0. The number of piperidine rings is 1. The van der Waals surface area contributed by atoms with Gasteiger partial charge in [-0.25, -0.2) is 4.79 Å². The molecule has 0 bridgehead atoms. The Morgan fingerprint density at radius 2 is 1.87 bits per heavy atom. The number of halogens is 3. The zero-order valence-electron chi connectivity index (χ0n) is 16.3. The Hall–Kier alpha value is -2.33. The second kappa shape index (κ2) is 8.43. The largest absolute Gasteiger partial charge is 0.573 e. The molecule has 3 saturated heterocycles.